The molecule has 0 bridgehead atoms. The fourth-order valence-corrected chi connectivity index (χ4v) is 2.67. The Kier molecular flexibility index (Phi) is 4.02. The molecule has 5 heteroatoms. The Balaban J connectivity index is 2.11. The molecule has 0 aliphatic carbocycles. The van der Waals surface area contributed by atoms with Crippen molar-refractivity contribution in [3.05, 3.63) is 34.3 Å². The quantitative estimate of drug-likeness (QED) is 0.389. The van der Waals surface area contributed by atoms with E-state index in [4.69, 9.17) is 10.9 Å². The molecule has 1 atom stereocenters. The van der Waals surface area contributed by atoms with Gasteiger partial charge in [0.05, 0.1) is 6.04 Å². The molecule has 2 rings (SSSR count). The third-order valence-corrected chi connectivity index (χ3v) is 3.93. The van der Waals surface area contributed by atoms with Gasteiger partial charge in [0.2, 0.25) is 0 Å². The average molecular weight is 298 g/mol. The van der Waals surface area contributed by atoms with E-state index in [9.17, 15) is 0 Å². The van der Waals surface area contributed by atoms with Crippen LogP contribution >= 0.6 is 15.9 Å². The first kappa shape index (κ1) is 12.4. The molecular weight excluding hydrogens is 282 g/mol. The zero-order chi connectivity index (χ0) is 12.3. The van der Waals surface area contributed by atoms with Crippen molar-refractivity contribution in [2.24, 2.45) is 10.9 Å². The van der Waals surface area contributed by atoms with E-state index in [2.05, 4.69) is 32.1 Å². The Hall–Kier alpha value is -1.07. The molecular formula is C12H16BrN3O. The fourth-order valence-electron chi connectivity index (χ4n) is 2.26. The number of likely N-dealkylation sites (tertiary alicyclic amines) is 1. The van der Waals surface area contributed by atoms with Crippen LogP contribution in [0.5, 0.6) is 0 Å². The van der Waals surface area contributed by atoms with Crippen LogP contribution in [0, 0.1) is 0 Å². The highest BCUT2D eigenvalue weighted by molar-refractivity contribution is 9.10. The van der Waals surface area contributed by atoms with Gasteiger partial charge in [-0.2, -0.15) is 0 Å². The summed E-state index contributed by atoms with van der Waals surface area (Å²) in [5.41, 5.74) is 6.93. The van der Waals surface area contributed by atoms with Gasteiger partial charge in [-0.1, -0.05) is 39.3 Å². The Morgan fingerprint density at radius 2 is 2.29 bits per heavy atom. The summed E-state index contributed by atoms with van der Waals surface area (Å²) >= 11 is 3.54. The van der Waals surface area contributed by atoms with Crippen molar-refractivity contribution in [3.8, 4) is 0 Å². The van der Waals surface area contributed by atoms with Gasteiger partial charge in [0, 0.05) is 11.0 Å². The van der Waals surface area contributed by atoms with E-state index in [1.165, 1.54) is 5.56 Å². The van der Waals surface area contributed by atoms with E-state index in [-0.39, 0.29) is 6.04 Å². The molecule has 0 aromatic heterocycles. The number of oxime groups is 1. The monoisotopic (exact) mass is 297 g/mol. The van der Waals surface area contributed by atoms with Crippen LogP contribution in [-0.2, 0) is 6.54 Å². The van der Waals surface area contributed by atoms with Crippen LogP contribution in [0.25, 0.3) is 0 Å². The molecule has 0 amide bonds. The van der Waals surface area contributed by atoms with Crippen LogP contribution < -0.4 is 5.73 Å². The molecule has 17 heavy (non-hydrogen) atoms. The summed E-state index contributed by atoms with van der Waals surface area (Å²) in [6, 6.07) is 8.20. The SMILES string of the molecule is NC(=NO)C1CCCN1Cc1ccccc1Br. The van der Waals surface area contributed by atoms with Crippen molar-refractivity contribution in [2.45, 2.75) is 25.4 Å². The van der Waals surface area contributed by atoms with E-state index in [0.717, 1.165) is 30.4 Å². The minimum absolute atomic E-state index is 0.0621. The van der Waals surface area contributed by atoms with Gasteiger partial charge in [0.25, 0.3) is 0 Å². The van der Waals surface area contributed by atoms with Crippen LogP contribution in [0.3, 0.4) is 0 Å². The van der Waals surface area contributed by atoms with Crippen molar-refractivity contribution in [3.63, 3.8) is 0 Å². The van der Waals surface area contributed by atoms with Gasteiger partial charge in [-0.3, -0.25) is 4.90 Å². The Morgan fingerprint density at radius 1 is 1.53 bits per heavy atom. The maximum absolute atomic E-state index is 8.76. The maximum atomic E-state index is 8.76. The topological polar surface area (TPSA) is 61.9 Å². The van der Waals surface area contributed by atoms with Crippen LogP contribution in [-0.4, -0.2) is 28.5 Å². The summed E-state index contributed by atoms with van der Waals surface area (Å²) in [5, 5.41) is 11.9. The number of benzene rings is 1. The van der Waals surface area contributed by atoms with Crippen molar-refractivity contribution in [1.82, 2.24) is 4.90 Å². The smallest absolute Gasteiger partial charge is 0.156 e. The third kappa shape index (κ3) is 2.79. The van der Waals surface area contributed by atoms with Gasteiger partial charge < -0.3 is 10.9 Å². The van der Waals surface area contributed by atoms with Gasteiger partial charge in [0.1, 0.15) is 0 Å². The van der Waals surface area contributed by atoms with Gasteiger partial charge >= 0.3 is 0 Å². The highest BCUT2D eigenvalue weighted by atomic mass is 79.9. The van der Waals surface area contributed by atoms with Gasteiger partial charge in [-0.15, -0.1) is 0 Å². The Bertz CT molecular complexity index is 422. The maximum Gasteiger partial charge on any atom is 0.156 e. The number of amidine groups is 1. The highest BCUT2D eigenvalue weighted by Gasteiger charge is 2.28. The summed E-state index contributed by atoms with van der Waals surface area (Å²) in [7, 11) is 0. The minimum atomic E-state index is 0.0621. The molecule has 1 aliphatic heterocycles. The largest absolute Gasteiger partial charge is 0.409 e. The van der Waals surface area contributed by atoms with E-state index in [1.54, 1.807) is 0 Å². The molecule has 1 aromatic carbocycles. The number of hydrogen-bond acceptors (Lipinski definition) is 3. The fraction of sp³-hybridized carbons (Fsp3) is 0.417. The second-order valence-electron chi connectivity index (χ2n) is 4.24. The molecule has 1 aliphatic rings. The molecule has 0 spiro atoms. The number of halogens is 1. The van der Waals surface area contributed by atoms with Gasteiger partial charge in [-0.05, 0) is 31.0 Å². The summed E-state index contributed by atoms with van der Waals surface area (Å²) in [4.78, 5) is 2.25. The molecule has 1 aromatic rings. The van der Waals surface area contributed by atoms with Crippen LogP contribution in [0.15, 0.2) is 33.9 Å². The summed E-state index contributed by atoms with van der Waals surface area (Å²) < 4.78 is 1.10. The second kappa shape index (κ2) is 5.51. The second-order valence-corrected chi connectivity index (χ2v) is 5.10. The molecule has 92 valence electrons. The zero-order valence-corrected chi connectivity index (χ0v) is 11.1. The van der Waals surface area contributed by atoms with Gasteiger partial charge in [0.15, 0.2) is 5.84 Å². The van der Waals surface area contributed by atoms with Crippen molar-refractivity contribution in [2.75, 3.05) is 6.54 Å². The lowest BCUT2D eigenvalue weighted by Gasteiger charge is -2.23. The first-order chi connectivity index (χ1) is 8.22. The zero-order valence-electron chi connectivity index (χ0n) is 9.51. The predicted molar refractivity (Wildman–Crippen MR) is 71.0 cm³/mol. The molecule has 1 saturated heterocycles. The van der Waals surface area contributed by atoms with Crippen molar-refractivity contribution < 1.29 is 5.21 Å². The molecule has 1 heterocycles. The molecule has 0 radical (unpaired) electrons. The highest BCUT2D eigenvalue weighted by Crippen LogP contribution is 2.23. The Labute approximate surface area is 109 Å². The molecule has 4 nitrogen and oxygen atoms in total. The number of hydrogen-bond donors (Lipinski definition) is 2. The lowest BCUT2D eigenvalue weighted by molar-refractivity contribution is 0.274. The van der Waals surface area contributed by atoms with Crippen LogP contribution in [0.2, 0.25) is 0 Å². The number of rotatable bonds is 3. The number of nitrogens with two attached hydrogens (primary N) is 1. The molecule has 1 fully saturated rings. The average Bonchev–Trinajstić information content (AvgIpc) is 2.79. The first-order valence-corrected chi connectivity index (χ1v) is 6.46. The van der Waals surface area contributed by atoms with Crippen molar-refractivity contribution >= 4 is 21.8 Å². The lowest BCUT2D eigenvalue weighted by Crippen LogP contribution is -2.40. The normalized spacial score (nSPS) is 21.9. The van der Waals surface area contributed by atoms with Crippen molar-refractivity contribution in [1.29, 1.82) is 0 Å². The van der Waals surface area contributed by atoms with Gasteiger partial charge in [-0.25, -0.2) is 0 Å². The standard InChI is InChI=1S/C12H16BrN3O/c13-10-5-2-1-4-9(10)8-16-7-3-6-11(16)12(14)15-17/h1-2,4-5,11,17H,3,6-8H2,(H2,14,15). The van der Waals surface area contributed by atoms with E-state index in [0.29, 0.717) is 5.84 Å². The molecule has 0 saturated carbocycles. The predicted octanol–water partition coefficient (Wildman–Crippen LogP) is 2.16. The lowest BCUT2D eigenvalue weighted by atomic mass is 10.1. The summed E-state index contributed by atoms with van der Waals surface area (Å²) in [6.07, 6.45) is 2.05. The summed E-state index contributed by atoms with van der Waals surface area (Å²) in [6.45, 7) is 1.81. The summed E-state index contributed by atoms with van der Waals surface area (Å²) in [5.74, 6) is 0.314. The van der Waals surface area contributed by atoms with E-state index >= 15 is 0 Å². The number of nitrogens with zero attached hydrogens (tertiary/aromatic N) is 2. The van der Waals surface area contributed by atoms with E-state index < -0.39 is 0 Å². The Morgan fingerprint density at radius 3 is 3.00 bits per heavy atom. The molecule has 3 N–H and O–H groups in total. The van der Waals surface area contributed by atoms with E-state index in [1.807, 2.05) is 18.2 Å². The van der Waals surface area contributed by atoms with Crippen LogP contribution in [0.4, 0.5) is 0 Å². The minimum Gasteiger partial charge on any atom is -0.409 e. The molecule has 1 unspecified atom stereocenters. The van der Waals surface area contributed by atoms with Crippen LogP contribution in [0.1, 0.15) is 18.4 Å². The first-order valence-electron chi connectivity index (χ1n) is 5.67. The third-order valence-electron chi connectivity index (χ3n) is 3.15.